The van der Waals surface area contributed by atoms with Gasteiger partial charge in [0, 0.05) is 33.6 Å². The molecule has 1 heterocycles. The number of nitrogens with one attached hydrogen (secondary N) is 2. The number of nitrogens with zero attached hydrogens (tertiary/aromatic N) is 1. The molecule has 1 aliphatic heterocycles. The van der Waals surface area contributed by atoms with E-state index in [-0.39, 0.29) is 23.9 Å². The number of hydrogen-bond donors (Lipinski definition) is 2. The lowest BCUT2D eigenvalue weighted by Gasteiger charge is -2.28. The summed E-state index contributed by atoms with van der Waals surface area (Å²) in [5, 5.41) is 2.84. The summed E-state index contributed by atoms with van der Waals surface area (Å²) in [6.07, 6.45) is -0.240. The molecular weight excluding hydrogens is 590 g/mol. The van der Waals surface area contributed by atoms with Gasteiger partial charge in [-0.15, -0.1) is 0 Å². The third kappa shape index (κ3) is 7.03. The predicted molar refractivity (Wildman–Crippen MR) is 136 cm³/mol. The van der Waals surface area contributed by atoms with Gasteiger partial charge in [-0.25, -0.2) is 17.9 Å². The average molecular weight is 617 g/mol. The lowest BCUT2D eigenvalue weighted by molar-refractivity contribution is 0.0222. The second kappa shape index (κ2) is 10.8. The Hall–Kier alpha value is -1.95. The predicted octanol–water partition coefficient (Wildman–Crippen LogP) is 4.30. The van der Waals surface area contributed by atoms with E-state index in [1.165, 1.54) is 11.0 Å². The van der Waals surface area contributed by atoms with Crippen LogP contribution in [0.1, 0.15) is 37.6 Å². The average Bonchev–Trinajstić information content (AvgIpc) is 3.15. The van der Waals surface area contributed by atoms with Crippen LogP contribution in [-0.2, 0) is 14.8 Å². The van der Waals surface area contributed by atoms with Crippen LogP contribution in [-0.4, -0.2) is 56.1 Å². The highest BCUT2D eigenvalue weighted by Crippen LogP contribution is 2.28. The summed E-state index contributed by atoms with van der Waals surface area (Å²) >= 11 is 6.58. The van der Waals surface area contributed by atoms with E-state index in [2.05, 4.69) is 41.9 Å². The molecule has 2 amide bonds. The Morgan fingerprint density at radius 3 is 2.44 bits per heavy atom. The second-order valence-electron chi connectivity index (χ2n) is 8.99. The maximum absolute atomic E-state index is 13.1. The fourth-order valence-corrected chi connectivity index (χ4v) is 6.35. The summed E-state index contributed by atoms with van der Waals surface area (Å²) in [7, 11) is -3.87. The van der Waals surface area contributed by atoms with Crippen LogP contribution in [0.5, 0.6) is 0 Å². The number of sulfonamides is 1. The van der Waals surface area contributed by atoms with Crippen molar-refractivity contribution < 1.29 is 22.7 Å². The van der Waals surface area contributed by atoms with Crippen molar-refractivity contribution >= 4 is 53.9 Å². The lowest BCUT2D eigenvalue weighted by Crippen LogP contribution is -2.45. The number of likely N-dealkylation sites (tertiary alicyclic amines) is 1. The van der Waals surface area contributed by atoms with Crippen LogP contribution in [0.15, 0.2) is 62.4 Å². The van der Waals surface area contributed by atoms with Crippen molar-refractivity contribution in [2.45, 2.75) is 49.8 Å². The first-order valence-electron chi connectivity index (χ1n) is 10.7. The van der Waals surface area contributed by atoms with Crippen molar-refractivity contribution in [1.82, 2.24) is 14.9 Å². The number of benzene rings is 2. The minimum Gasteiger partial charge on any atom is -0.444 e. The molecule has 2 aromatic carbocycles. The van der Waals surface area contributed by atoms with Crippen LogP contribution >= 0.6 is 31.9 Å². The van der Waals surface area contributed by atoms with Crippen molar-refractivity contribution in [2.75, 3.05) is 13.1 Å². The Morgan fingerprint density at radius 2 is 1.79 bits per heavy atom. The number of carbonyl (C=O) groups excluding carboxylic acids is 2. The van der Waals surface area contributed by atoms with Crippen LogP contribution in [0.2, 0.25) is 0 Å². The van der Waals surface area contributed by atoms with Gasteiger partial charge in [-0.3, -0.25) is 4.79 Å². The number of ether oxygens (including phenoxy) is 1. The van der Waals surface area contributed by atoms with E-state index in [9.17, 15) is 18.0 Å². The molecule has 1 aliphatic rings. The highest BCUT2D eigenvalue weighted by atomic mass is 79.9. The maximum atomic E-state index is 13.1. The standard InChI is InChI=1S/C23H27Br2N3O5S/c1-23(2,3)33-22(30)28-14-17(27-34(31,32)20-11-16(24)9-10-19(20)25)12-18(28)13-26-21(29)15-7-5-4-6-8-15/h4-11,17-18,27H,12-14H2,1-3H3,(H,26,29)/t17-,18-/m1/s1. The summed E-state index contributed by atoms with van der Waals surface area (Å²) in [5.74, 6) is -0.271. The Bertz CT molecular complexity index is 1150. The van der Waals surface area contributed by atoms with E-state index in [4.69, 9.17) is 4.74 Å². The molecule has 2 atom stereocenters. The van der Waals surface area contributed by atoms with Gasteiger partial charge >= 0.3 is 6.09 Å². The summed E-state index contributed by atoms with van der Waals surface area (Å²) in [5.41, 5.74) is -0.214. The molecule has 11 heteroatoms. The van der Waals surface area contributed by atoms with E-state index < -0.39 is 33.8 Å². The van der Waals surface area contributed by atoms with Crippen LogP contribution in [0.25, 0.3) is 0 Å². The SMILES string of the molecule is CC(C)(C)OC(=O)N1C[C@H](NS(=O)(=O)c2cc(Br)ccc2Br)C[C@@H]1CNC(=O)c1ccccc1. The molecule has 3 rings (SSSR count). The number of hydrogen-bond acceptors (Lipinski definition) is 5. The minimum atomic E-state index is -3.87. The molecule has 0 unspecified atom stereocenters. The van der Waals surface area contributed by atoms with Crippen molar-refractivity contribution in [3.63, 3.8) is 0 Å². The maximum Gasteiger partial charge on any atom is 0.410 e. The summed E-state index contributed by atoms with van der Waals surface area (Å²) in [6.45, 7) is 5.56. The van der Waals surface area contributed by atoms with Gasteiger partial charge in [-0.05, 0) is 73.5 Å². The highest BCUT2D eigenvalue weighted by molar-refractivity contribution is 9.11. The Balaban J connectivity index is 1.76. The smallest absolute Gasteiger partial charge is 0.410 e. The molecule has 0 aliphatic carbocycles. The van der Waals surface area contributed by atoms with Crippen molar-refractivity contribution in [2.24, 2.45) is 0 Å². The monoisotopic (exact) mass is 615 g/mol. The van der Waals surface area contributed by atoms with E-state index in [0.29, 0.717) is 20.9 Å². The molecule has 2 N–H and O–H groups in total. The zero-order valence-corrected chi connectivity index (χ0v) is 23.0. The Morgan fingerprint density at radius 1 is 1.12 bits per heavy atom. The number of rotatable bonds is 6. The van der Waals surface area contributed by atoms with E-state index in [1.807, 2.05) is 6.07 Å². The van der Waals surface area contributed by atoms with Gasteiger partial charge in [-0.1, -0.05) is 34.1 Å². The van der Waals surface area contributed by atoms with Gasteiger partial charge in [-0.2, -0.15) is 0 Å². The van der Waals surface area contributed by atoms with Crippen LogP contribution in [0.4, 0.5) is 4.79 Å². The third-order valence-corrected chi connectivity index (χ3v) is 8.09. The zero-order valence-electron chi connectivity index (χ0n) is 19.0. The molecule has 184 valence electrons. The lowest BCUT2D eigenvalue weighted by atomic mass is 10.1. The number of halogens is 2. The van der Waals surface area contributed by atoms with E-state index >= 15 is 0 Å². The topological polar surface area (TPSA) is 105 Å². The first kappa shape index (κ1) is 26.7. The first-order chi connectivity index (χ1) is 15.9. The summed E-state index contributed by atoms with van der Waals surface area (Å²) in [6, 6.07) is 12.6. The molecule has 0 saturated carbocycles. The van der Waals surface area contributed by atoms with Crippen LogP contribution in [0, 0.1) is 0 Å². The van der Waals surface area contributed by atoms with Crippen LogP contribution in [0.3, 0.4) is 0 Å². The molecule has 34 heavy (non-hydrogen) atoms. The van der Waals surface area contributed by atoms with Gasteiger partial charge in [0.25, 0.3) is 5.91 Å². The molecule has 1 fully saturated rings. The largest absolute Gasteiger partial charge is 0.444 e. The first-order valence-corrected chi connectivity index (χ1v) is 13.7. The quantitative estimate of drug-likeness (QED) is 0.504. The van der Waals surface area contributed by atoms with Gasteiger partial charge in [0.2, 0.25) is 10.0 Å². The molecule has 1 saturated heterocycles. The van der Waals surface area contributed by atoms with E-state index in [1.54, 1.807) is 57.2 Å². The Labute approximate surface area is 216 Å². The highest BCUT2D eigenvalue weighted by Gasteiger charge is 2.39. The second-order valence-corrected chi connectivity index (χ2v) is 12.4. The Kier molecular flexibility index (Phi) is 8.43. The van der Waals surface area contributed by atoms with Crippen molar-refractivity contribution in [3.05, 3.63) is 63.0 Å². The molecule has 0 radical (unpaired) electrons. The summed E-state index contributed by atoms with van der Waals surface area (Å²) in [4.78, 5) is 26.9. The van der Waals surface area contributed by atoms with Gasteiger partial charge in [0.1, 0.15) is 5.60 Å². The number of amides is 2. The molecule has 0 aromatic heterocycles. The normalized spacial score (nSPS) is 18.6. The summed E-state index contributed by atoms with van der Waals surface area (Å²) < 4.78 is 35.4. The molecule has 0 spiro atoms. The van der Waals surface area contributed by atoms with Crippen LogP contribution < -0.4 is 10.0 Å². The number of carbonyl (C=O) groups is 2. The fourth-order valence-electron chi connectivity index (χ4n) is 3.61. The van der Waals surface area contributed by atoms with Crippen molar-refractivity contribution in [3.8, 4) is 0 Å². The molecule has 2 aromatic rings. The van der Waals surface area contributed by atoms with Gasteiger partial charge in [0.05, 0.1) is 10.9 Å². The van der Waals surface area contributed by atoms with Crippen molar-refractivity contribution in [1.29, 1.82) is 0 Å². The molecule has 8 nitrogen and oxygen atoms in total. The molecular formula is C23H27Br2N3O5S. The van der Waals surface area contributed by atoms with E-state index in [0.717, 1.165) is 0 Å². The zero-order chi connectivity index (χ0) is 25.1. The van der Waals surface area contributed by atoms with Gasteiger partial charge in [0.15, 0.2) is 0 Å². The van der Waals surface area contributed by atoms with Gasteiger partial charge < -0.3 is 15.0 Å². The minimum absolute atomic E-state index is 0.0894. The molecule has 0 bridgehead atoms. The third-order valence-electron chi connectivity index (χ3n) is 5.08. The fraction of sp³-hybridized carbons (Fsp3) is 0.391.